The SMILES string of the molecule is CC(C=CC1=C(C)CCCC1(C)C)=CC=Cc1ccc(C(N)=O)cc1. The maximum absolute atomic E-state index is 11.1. The van der Waals surface area contributed by atoms with Crippen LogP contribution in [0, 0.1) is 5.41 Å². The van der Waals surface area contributed by atoms with Crippen LogP contribution in [0.15, 0.2) is 65.3 Å². The van der Waals surface area contributed by atoms with E-state index in [1.165, 1.54) is 36.0 Å². The molecule has 25 heavy (non-hydrogen) atoms. The van der Waals surface area contributed by atoms with Crippen molar-refractivity contribution in [3.8, 4) is 0 Å². The van der Waals surface area contributed by atoms with Crippen molar-refractivity contribution in [1.29, 1.82) is 0 Å². The highest BCUT2D eigenvalue weighted by Gasteiger charge is 2.26. The van der Waals surface area contributed by atoms with E-state index in [0.29, 0.717) is 5.56 Å². The van der Waals surface area contributed by atoms with E-state index in [1.54, 1.807) is 12.1 Å². The molecule has 0 bridgehead atoms. The van der Waals surface area contributed by atoms with E-state index in [4.69, 9.17) is 5.73 Å². The zero-order chi connectivity index (χ0) is 18.4. The second-order valence-electron chi connectivity index (χ2n) is 7.52. The number of nitrogens with two attached hydrogens (primary N) is 1. The quantitative estimate of drug-likeness (QED) is 0.676. The third-order valence-corrected chi connectivity index (χ3v) is 4.90. The van der Waals surface area contributed by atoms with Gasteiger partial charge in [-0.15, -0.1) is 0 Å². The summed E-state index contributed by atoms with van der Waals surface area (Å²) < 4.78 is 0. The van der Waals surface area contributed by atoms with Crippen LogP contribution in [0.25, 0.3) is 6.08 Å². The first-order valence-corrected chi connectivity index (χ1v) is 8.93. The van der Waals surface area contributed by atoms with Crippen LogP contribution in [-0.4, -0.2) is 5.91 Å². The van der Waals surface area contributed by atoms with E-state index in [2.05, 4.69) is 45.9 Å². The first-order valence-electron chi connectivity index (χ1n) is 8.93. The average molecular weight is 335 g/mol. The average Bonchev–Trinajstić information content (AvgIpc) is 2.54. The fourth-order valence-corrected chi connectivity index (χ4v) is 3.35. The van der Waals surface area contributed by atoms with E-state index in [-0.39, 0.29) is 5.41 Å². The van der Waals surface area contributed by atoms with Gasteiger partial charge in [0.2, 0.25) is 5.91 Å². The Morgan fingerprint density at radius 1 is 1.16 bits per heavy atom. The molecule has 132 valence electrons. The summed E-state index contributed by atoms with van der Waals surface area (Å²) in [5.41, 5.74) is 11.3. The maximum atomic E-state index is 11.1. The predicted molar refractivity (Wildman–Crippen MR) is 107 cm³/mol. The monoisotopic (exact) mass is 335 g/mol. The number of hydrogen-bond acceptors (Lipinski definition) is 1. The van der Waals surface area contributed by atoms with Crippen LogP contribution in [0.5, 0.6) is 0 Å². The molecule has 0 fully saturated rings. The van der Waals surface area contributed by atoms with Crippen LogP contribution in [0.2, 0.25) is 0 Å². The first-order chi connectivity index (χ1) is 11.8. The lowest BCUT2D eigenvalue weighted by molar-refractivity contribution is 0.100. The lowest BCUT2D eigenvalue weighted by atomic mass is 9.72. The van der Waals surface area contributed by atoms with E-state index in [1.807, 2.05) is 24.3 Å². The van der Waals surface area contributed by atoms with Crippen molar-refractivity contribution in [3.63, 3.8) is 0 Å². The molecule has 2 N–H and O–H groups in total. The molecular formula is C23H29NO. The van der Waals surface area contributed by atoms with Crippen molar-refractivity contribution in [2.24, 2.45) is 11.1 Å². The van der Waals surface area contributed by atoms with Gasteiger partial charge in [-0.05, 0) is 61.8 Å². The lowest BCUT2D eigenvalue weighted by Crippen LogP contribution is -2.19. The Bertz CT molecular complexity index is 743. The number of allylic oxidation sites excluding steroid dienone is 7. The van der Waals surface area contributed by atoms with Crippen LogP contribution >= 0.6 is 0 Å². The first kappa shape index (κ1) is 19.0. The molecule has 0 heterocycles. The molecule has 0 unspecified atom stereocenters. The summed E-state index contributed by atoms with van der Waals surface area (Å²) in [4.78, 5) is 11.1. The molecule has 1 amide bonds. The van der Waals surface area contributed by atoms with Crippen molar-refractivity contribution >= 4 is 12.0 Å². The third kappa shape index (κ3) is 5.32. The van der Waals surface area contributed by atoms with Crippen LogP contribution in [0.1, 0.15) is 62.9 Å². The van der Waals surface area contributed by atoms with Gasteiger partial charge in [0.05, 0.1) is 0 Å². The van der Waals surface area contributed by atoms with E-state index >= 15 is 0 Å². The van der Waals surface area contributed by atoms with Gasteiger partial charge >= 0.3 is 0 Å². The van der Waals surface area contributed by atoms with Crippen LogP contribution in [-0.2, 0) is 0 Å². The Balaban J connectivity index is 2.05. The fraction of sp³-hybridized carbons (Fsp3) is 0.348. The van der Waals surface area contributed by atoms with Gasteiger partial charge in [-0.25, -0.2) is 0 Å². The molecule has 2 heteroatoms. The Hall–Kier alpha value is -2.35. The molecule has 2 rings (SSSR count). The second kappa shape index (κ2) is 8.15. The highest BCUT2D eigenvalue weighted by Crippen LogP contribution is 2.40. The Morgan fingerprint density at radius 2 is 1.84 bits per heavy atom. The topological polar surface area (TPSA) is 43.1 Å². The van der Waals surface area contributed by atoms with Crippen LogP contribution < -0.4 is 5.73 Å². The van der Waals surface area contributed by atoms with Crippen LogP contribution in [0.4, 0.5) is 0 Å². The van der Waals surface area contributed by atoms with Gasteiger partial charge in [-0.1, -0.05) is 67.5 Å². The molecule has 0 saturated heterocycles. The third-order valence-electron chi connectivity index (χ3n) is 4.90. The molecule has 0 aliphatic heterocycles. The number of amides is 1. The summed E-state index contributed by atoms with van der Waals surface area (Å²) in [6.45, 7) is 9.05. The van der Waals surface area contributed by atoms with Gasteiger partial charge in [0, 0.05) is 5.56 Å². The molecule has 1 aliphatic rings. The van der Waals surface area contributed by atoms with Crippen molar-refractivity contribution in [3.05, 3.63) is 76.4 Å². The van der Waals surface area contributed by atoms with Gasteiger partial charge < -0.3 is 5.73 Å². The summed E-state index contributed by atoms with van der Waals surface area (Å²) in [6, 6.07) is 7.29. The molecule has 1 aromatic carbocycles. The molecule has 0 atom stereocenters. The molecular weight excluding hydrogens is 306 g/mol. The summed E-state index contributed by atoms with van der Waals surface area (Å²) in [6.07, 6.45) is 14.4. The Morgan fingerprint density at radius 3 is 2.44 bits per heavy atom. The zero-order valence-electron chi connectivity index (χ0n) is 15.8. The van der Waals surface area contributed by atoms with E-state index < -0.39 is 5.91 Å². The number of rotatable bonds is 5. The molecule has 1 aromatic rings. The van der Waals surface area contributed by atoms with Gasteiger partial charge in [-0.3, -0.25) is 4.79 Å². The van der Waals surface area contributed by atoms with Crippen molar-refractivity contribution in [2.75, 3.05) is 0 Å². The molecule has 0 radical (unpaired) electrons. The number of carbonyl (C=O) groups is 1. The largest absolute Gasteiger partial charge is 0.366 e. The summed E-state index contributed by atoms with van der Waals surface area (Å²) in [5.74, 6) is -0.397. The smallest absolute Gasteiger partial charge is 0.248 e. The van der Waals surface area contributed by atoms with E-state index in [0.717, 1.165) is 5.56 Å². The molecule has 2 nitrogen and oxygen atoms in total. The maximum Gasteiger partial charge on any atom is 0.248 e. The standard InChI is InChI=1S/C23H29NO/c1-17(10-15-21-18(2)8-6-16-23(21,3)4)7-5-9-19-11-13-20(14-12-19)22(24)25/h5,7,9-15H,6,8,16H2,1-4H3,(H2,24,25). The minimum Gasteiger partial charge on any atom is -0.366 e. The van der Waals surface area contributed by atoms with E-state index in [9.17, 15) is 4.79 Å². The lowest BCUT2D eigenvalue weighted by Gasteiger charge is -2.32. The molecule has 1 aliphatic carbocycles. The fourth-order valence-electron chi connectivity index (χ4n) is 3.35. The van der Waals surface area contributed by atoms with Gasteiger partial charge in [0.15, 0.2) is 0 Å². The number of primary amides is 1. The Labute approximate surface area is 151 Å². The highest BCUT2D eigenvalue weighted by atomic mass is 16.1. The predicted octanol–water partition coefficient (Wildman–Crippen LogP) is 5.83. The number of carbonyl (C=O) groups excluding carboxylic acids is 1. The highest BCUT2D eigenvalue weighted by molar-refractivity contribution is 5.92. The van der Waals surface area contributed by atoms with Gasteiger partial charge in [-0.2, -0.15) is 0 Å². The molecule has 0 saturated carbocycles. The second-order valence-corrected chi connectivity index (χ2v) is 7.52. The van der Waals surface area contributed by atoms with Crippen LogP contribution in [0.3, 0.4) is 0 Å². The zero-order valence-corrected chi connectivity index (χ0v) is 15.8. The molecule has 0 aromatic heterocycles. The van der Waals surface area contributed by atoms with Crippen molar-refractivity contribution in [1.82, 2.24) is 0 Å². The number of hydrogen-bond donors (Lipinski definition) is 1. The summed E-state index contributed by atoms with van der Waals surface area (Å²) >= 11 is 0. The number of benzene rings is 1. The summed E-state index contributed by atoms with van der Waals surface area (Å²) in [7, 11) is 0. The summed E-state index contributed by atoms with van der Waals surface area (Å²) in [5, 5.41) is 0. The minimum absolute atomic E-state index is 0.275. The van der Waals surface area contributed by atoms with Crippen molar-refractivity contribution < 1.29 is 4.79 Å². The Kier molecular flexibility index (Phi) is 6.19. The minimum atomic E-state index is -0.397. The van der Waals surface area contributed by atoms with Crippen molar-refractivity contribution in [2.45, 2.75) is 47.0 Å². The van der Waals surface area contributed by atoms with Gasteiger partial charge in [0.25, 0.3) is 0 Å². The molecule has 0 spiro atoms. The normalized spacial score (nSPS) is 18.3. The van der Waals surface area contributed by atoms with Gasteiger partial charge in [0.1, 0.15) is 0 Å².